The lowest BCUT2D eigenvalue weighted by atomic mass is 10.1. The van der Waals surface area contributed by atoms with Crippen molar-refractivity contribution in [3.63, 3.8) is 0 Å². The van der Waals surface area contributed by atoms with Crippen LogP contribution < -0.4 is 5.32 Å². The molecule has 0 aromatic carbocycles. The molecule has 0 aromatic heterocycles. The fraction of sp³-hybridized carbons (Fsp3) is 0.429. The second kappa shape index (κ2) is 3.18. The van der Waals surface area contributed by atoms with Gasteiger partial charge in [0.05, 0.1) is 6.26 Å². The number of carbonyl (C=O) groups is 2. The maximum Gasteiger partial charge on any atom is 0.292 e. The zero-order valence-electron chi connectivity index (χ0n) is 5.96. The Morgan fingerprint density at radius 3 is 2.82 bits per heavy atom. The minimum Gasteiger partial charge on any atom is -0.515 e. The second-order valence-corrected chi connectivity index (χ2v) is 2.34. The lowest BCUT2D eigenvalue weighted by Crippen LogP contribution is -2.29. The average Bonchev–Trinajstić information content (AvgIpc) is 2.16. The van der Waals surface area contributed by atoms with Gasteiger partial charge in [-0.15, -0.1) is 0 Å². The number of carbonyl (C=O) groups excluding carboxylic acids is 2. The molecule has 1 aliphatic heterocycles. The summed E-state index contributed by atoms with van der Waals surface area (Å²) in [6.07, 6.45) is 1.88. The third-order valence-corrected chi connectivity index (χ3v) is 1.56. The highest BCUT2D eigenvalue weighted by Crippen LogP contribution is 2.08. The van der Waals surface area contributed by atoms with Gasteiger partial charge in [-0.2, -0.15) is 0 Å². The predicted molar refractivity (Wildman–Crippen MR) is 38.0 cm³/mol. The van der Waals surface area contributed by atoms with E-state index in [2.05, 4.69) is 5.32 Å². The van der Waals surface area contributed by atoms with Gasteiger partial charge in [-0.25, -0.2) is 0 Å². The minimum absolute atomic E-state index is 0.194. The Bertz CT molecular complexity index is 220. The zero-order valence-corrected chi connectivity index (χ0v) is 5.96. The Morgan fingerprint density at radius 2 is 2.18 bits per heavy atom. The molecule has 0 bridgehead atoms. The number of aliphatic hydroxyl groups excluding tert-OH is 1. The Kier molecular flexibility index (Phi) is 2.25. The van der Waals surface area contributed by atoms with Crippen LogP contribution >= 0.6 is 0 Å². The third kappa shape index (κ3) is 1.58. The first-order chi connectivity index (χ1) is 5.25. The van der Waals surface area contributed by atoms with Crippen LogP contribution in [0.1, 0.15) is 12.8 Å². The van der Waals surface area contributed by atoms with E-state index in [4.69, 9.17) is 5.11 Å². The van der Waals surface area contributed by atoms with E-state index in [0.717, 1.165) is 0 Å². The van der Waals surface area contributed by atoms with Gasteiger partial charge in [0.15, 0.2) is 0 Å². The number of ketones is 1. The predicted octanol–water partition coefficient (Wildman–Crippen LogP) is -0.0926. The van der Waals surface area contributed by atoms with Crippen molar-refractivity contribution in [2.24, 2.45) is 0 Å². The molecule has 0 radical (unpaired) electrons. The molecule has 0 unspecified atom stereocenters. The van der Waals surface area contributed by atoms with Crippen molar-refractivity contribution in [1.29, 1.82) is 0 Å². The first kappa shape index (κ1) is 7.78. The molecule has 1 amide bonds. The minimum atomic E-state index is -0.622. The lowest BCUT2D eigenvalue weighted by Gasteiger charge is -1.95. The van der Waals surface area contributed by atoms with Gasteiger partial charge >= 0.3 is 0 Å². The number of amides is 1. The molecular weight excluding hydrogens is 146 g/mol. The van der Waals surface area contributed by atoms with Crippen molar-refractivity contribution in [3.8, 4) is 0 Å². The van der Waals surface area contributed by atoms with Crippen molar-refractivity contribution in [2.45, 2.75) is 12.8 Å². The van der Waals surface area contributed by atoms with Crippen molar-refractivity contribution < 1.29 is 14.7 Å². The molecule has 1 heterocycles. The Hall–Kier alpha value is -1.32. The van der Waals surface area contributed by atoms with Gasteiger partial charge in [-0.3, -0.25) is 9.59 Å². The first-order valence-electron chi connectivity index (χ1n) is 3.41. The van der Waals surface area contributed by atoms with Crippen LogP contribution in [0, 0.1) is 0 Å². The summed E-state index contributed by atoms with van der Waals surface area (Å²) in [5, 5.41) is 11.0. The molecule has 4 nitrogen and oxygen atoms in total. The van der Waals surface area contributed by atoms with Crippen LogP contribution in [0.25, 0.3) is 0 Å². The van der Waals surface area contributed by atoms with Crippen LogP contribution in [0.2, 0.25) is 0 Å². The number of rotatable bonds is 0. The highest BCUT2D eigenvalue weighted by Gasteiger charge is 2.21. The highest BCUT2D eigenvalue weighted by atomic mass is 16.2. The van der Waals surface area contributed by atoms with E-state index in [0.29, 0.717) is 25.6 Å². The van der Waals surface area contributed by atoms with Crippen LogP contribution in [-0.2, 0) is 9.59 Å². The van der Waals surface area contributed by atoms with E-state index in [1.807, 2.05) is 0 Å². The van der Waals surface area contributed by atoms with E-state index in [-0.39, 0.29) is 5.57 Å². The second-order valence-electron chi connectivity index (χ2n) is 2.34. The number of nitrogens with one attached hydrogen (secondary N) is 1. The SMILES string of the molecule is O=C1NCCCC(=CO)C1=O. The average molecular weight is 155 g/mol. The molecule has 0 aliphatic carbocycles. The molecule has 1 aliphatic rings. The summed E-state index contributed by atoms with van der Waals surface area (Å²) < 4.78 is 0. The van der Waals surface area contributed by atoms with Crippen molar-refractivity contribution in [1.82, 2.24) is 5.32 Å². The maximum atomic E-state index is 10.9. The number of hydrogen-bond donors (Lipinski definition) is 2. The van der Waals surface area contributed by atoms with E-state index < -0.39 is 11.7 Å². The summed E-state index contributed by atoms with van der Waals surface area (Å²) in [5.41, 5.74) is 0.194. The summed E-state index contributed by atoms with van der Waals surface area (Å²) >= 11 is 0. The summed E-state index contributed by atoms with van der Waals surface area (Å²) in [4.78, 5) is 21.7. The summed E-state index contributed by atoms with van der Waals surface area (Å²) in [6, 6.07) is 0. The maximum absolute atomic E-state index is 10.9. The van der Waals surface area contributed by atoms with Gasteiger partial charge in [0.2, 0.25) is 5.78 Å². The Morgan fingerprint density at radius 1 is 1.45 bits per heavy atom. The molecule has 0 saturated carbocycles. The van der Waals surface area contributed by atoms with E-state index in [1.165, 1.54) is 0 Å². The van der Waals surface area contributed by atoms with Gasteiger partial charge < -0.3 is 10.4 Å². The van der Waals surface area contributed by atoms with Crippen LogP contribution in [0.4, 0.5) is 0 Å². The Labute approximate surface area is 63.9 Å². The van der Waals surface area contributed by atoms with Gasteiger partial charge in [0.25, 0.3) is 5.91 Å². The monoisotopic (exact) mass is 155 g/mol. The molecule has 2 N–H and O–H groups in total. The largest absolute Gasteiger partial charge is 0.515 e. The molecule has 0 spiro atoms. The summed E-state index contributed by atoms with van der Waals surface area (Å²) in [6.45, 7) is 0.502. The molecule has 0 aromatic rings. The van der Waals surface area contributed by atoms with Crippen LogP contribution in [-0.4, -0.2) is 23.3 Å². The topological polar surface area (TPSA) is 66.4 Å². The van der Waals surface area contributed by atoms with Gasteiger partial charge in [0.1, 0.15) is 0 Å². The van der Waals surface area contributed by atoms with Gasteiger partial charge in [-0.1, -0.05) is 0 Å². The smallest absolute Gasteiger partial charge is 0.292 e. The molecule has 4 heteroatoms. The molecule has 0 atom stereocenters. The van der Waals surface area contributed by atoms with Crippen LogP contribution in [0.3, 0.4) is 0 Å². The number of hydrogen-bond acceptors (Lipinski definition) is 3. The van der Waals surface area contributed by atoms with Crippen molar-refractivity contribution in [2.75, 3.05) is 6.54 Å². The molecular formula is C7H9NO3. The van der Waals surface area contributed by atoms with Crippen LogP contribution in [0.15, 0.2) is 11.8 Å². The van der Waals surface area contributed by atoms with Crippen molar-refractivity contribution >= 4 is 11.7 Å². The fourth-order valence-corrected chi connectivity index (χ4v) is 0.944. The quantitative estimate of drug-likeness (QED) is 0.292. The van der Waals surface area contributed by atoms with E-state index >= 15 is 0 Å². The van der Waals surface area contributed by atoms with Gasteiger partial charge in [0, 0.05) is 12.1 Å². The van der Waals surface area contributed by atoms with E-state index in [1.54, 1.807) is 0 Å². The standard InChI is InChI=1S/C7H9NO3/c9-4-5-2-1-3-8-7(11)6(5)10/h4,9H,1-3H2,(H,8,11). The van der Waals surface area contributed by atoms with Crippen molar-refractivity contribution in [3.05, 3.63) is 11.8 Å². The number of Topliss-reactive ketones (excluding diaryl/α,β-unsaturated/α-hetero) is 1. The van der Waals surface area contributed by atoms with E-state index in [9.17, 15) is 9.59 Å². The fourth-order valence-electron chi connectivity index (χ4n) is 0.944. The molecule has 1 fully saturated rings. The highest BCUT2D eigenvalue weighted by molar-refractivity contribution is 6.42. The molecule has 1 rings (SSSR count). The third-order valence-electron chi connectivity index (χ3n) is 1.56. The van der Waals surface area contributed by atoms with Crippen LogP contribution in [0.5, 0.6) is 0 Å². The molecule has 1 saturated heterocycles. The Balaban J connectivity index is 2.81. The molecule has 60 valence electrons. The zero-order chi connectivity index (χ0) is 8.27. The summed E-state index contributed by atoms with van der Waals surface area (Å²) in [5.74, 6) is -1.24. The molecule has 11 heavy (non-hydrogen) atoms. The number of aliphatic hydroxyl groups is 1. The normalized spacial score (nSPS) is 23.1. The first-order valence-corrected chi connectivity index (χ1v) is 3.41. The lowest BCUT2D eigenvalue weighted by molar-refractivity contribution is -0.135. The van der Waals surface area contributed by atoms with Gasteiger partial charge in [-0.05, 0) is 12.8 Å². The summed E-state index contributed by atoms with van der Waals surface area (Å²) in [7, 11) is 0.